The second-order valence-corrected chi connectivity index (χ2v) is 4.16. The molecule has 100 valence electrons. The fourth-order valence-corrected chi connectivity index (χ4v) is 1.66. The molecule has 0 saturated carbocycles. The Morgan fingerprint density at radius 3 is 2.56 bits per heavy atom. The maximum Gasteiger partial charge on any atom is 0.220 e. The minimum Gasteiger partial charge on any atom is -0.497 e. The molecular formula is C14H22N2O2. The summed E-state index contributed by atoms with van der Waals surface area (Å²) in [5.74, 6) is 0.988. The molecule has 0 bridgehead atoms. The SMILES string of the molecule is CNCCNC(=O)CCCc1ccc(OC)cc1. The summed E-state index contributed by atoms with van der Waals surface area (Å²) in [7, 11) is 3.53. The lowest BCUT2D eigenvalue weighted by atomic mass is 10.1. The molecule has 4 nitrogen and oxygen atoms in total. The molecule has 0 atom stereocenters. The van der Waals surface area contributed by atoms with Gasteiger partial charge in [-0.1, -0.05) is 12.1 Å². The molecule has 1 amide bonds. The summed E-state index contributed by atoms with van der Waals surface area (Å²) in [5, 5.41) is 5.86. The fraction of sp³-hybridized carbons (Fsp3) is 0.500. The Hall–Kier alpha value is -1.55. The first-order valence-corrected chi connectivity index (χ1v) is 6.30. The van der Waals surface area contributed by atoms with Crippen molar-refractivity contribution in [1.82, 2.24) is 10.6 Å². The van der Waals surface area contributed by atoms with Gasteiger partial charge in [-0.05, 0) is 37.6 Å². The third-order valence-electron chi connectivity index (χ3n) is 2.73. The highest BCUT2D eigenvalue weighted by Crippen LogP contribution is 2.12. The van der Waals surface area contributed by atoms with E-state index in [1.165, 1.54) is 5.56 Å². The number of carbonyl (C=O) groups is 1. The van der Waals surface area contributed by atoms with E-state index >= 15 is 0 Å². The lowest BCUT2D eigenvalue weighted by Gasteiger charge is -2.05. The molecule has 18 heavy (non-hydrogen) atoms. The van der Waals surface area contributed by atoms with E-state index in [-0.39, 0.29) is 5.91 Å². The molecule has 4 heteroatoms. The zero-order chi connectivity index (χ0) is 13.2. The number of benzene rings is 1. The molecule has 0 unspecified atom stereocenters. The minimum atomic E-state index is 0.124. The predicted molar refractivity (Wildman–Crippen MR) is 72.9 cm³/mol. The maximum absolute atomic E-state index is 11.4. The standard InChI is InChI=1S/C14H22N2O2/c1-15-10-11-16-14(17)5-3-4-12-6-8-13(18-2)9-7-12/h6-9,15H,3-5,10-11H2,1-2H3,(H,16,17). The van der Waals surface area contributed by atoms with Gasteiger partial charge in [-0.25, -0.2) is 0 Å². The summed E-state index contributed by atoms with van der Waals surface area (Å²) in [5.41, 5.74) is 1.24. The molecule has 1 aromatic carbocycles. The van der Waals surface area contributed by atoms with Gasteiger partial charge in [-0.15, -0.1) is 0 Å². The van der Waals surface area contributed by atoms with Gasteiger partial charge in [-0.3, -0.25) is 4.79 Å². The van der Waals surface area contributed by atoms with Crippen LogP contribution in [-0.4, -0.2) is 33.2 Å². The summed E-state index contributed by atoms with van der Waals surface area (Å²) in [6.45, 7) is 1.50. The molecule has 0 saturated heterocycles. The molecule has 0 aromatic heterocycles. The molecule has 0 aliphatic rings. The van der Waals surface area contributed by atoms with Crippen LogP contribution < -0.4 is 15.4 Å². The van der Waals surface area contributed by atoms with Gasteiger partial charge in [0.15, 0.2) is 0 Å². The highest BCUT2D eigenvalue weighted by molar-refractivity contribution is 5.75. The molecule has 0 spiro atoms. The lowest BCUT2D eigenvalue weighted by Crippen LogP contribution is -2.30. The summed E-state index contributed by atoms with van der Waals surface area (Å²) in [6, 6.07) is 7.97. The zero-order valence-corrected chi connectivity index (χ0v) is 11.2. The van der Waals surface area contributed by atoms with Gasteiger partial charge in [0.2, 0.25) is 5.91 Å². The van der Waals surface area contributed by atoms with Gasteiger partial charge in [0.25, 0.3) is 0 Å². The van der Waals surface area contributed by atoms with E-state index in [1.54, 1.807) is 7.11 Å². The minimum absolute atomic E-state index is 0.124. The Balaban J connectivity index is 2.18. The van der Waals surface area contributed by atoms with Crippen molar-refractivity contribution in [1.29, 1.82) is 0 Å². The molecule has 1 aromatic rings. The number of nitrogens with one attached hydrogen (secondary N) is 2. The highest BCUT2D eigenvalue weighted by Gasteiger charge is 2.01. The number of hydrogen-bond acceptors (Lipinski definition) is 3. The van der Waals surface area contributed by atoms with Crippen LogP contribution in [0.5, 0.6) is 5.75 Å². The summed E-state index contributed by atoms with van der Waals surface area (Å²) in [6.07, 6.45) is 2.37. The van der Waals surface area contributed by atoms with Crippen molar-refractivity contribution in [2.24, 2.45) is 0 Å². The molecule has 0 fully saturated rings. The molecule has 2 N–H and O–H groups in total. The molecule has 0 radical (unpaired) electrons. The first-order chi connectivity index (χ1) is 8.76. The number of rotatable bonds is 8. The van der Waals surface area contributed by atoms with E-state index in [0.717, 1.165) is 25.1 Å². The van der Waals surface area contributed by atoms with Crippen molar-refractivity contribution < 1.29 is 9.53 Å². The number of ether oxygens (including phenoxy) is 1. The van der Waals surface area contributed by atoms with Crippen LogP contribution in [0.15, 0.2) is 24.3 Å². The third-order valence-corrected chi connectivity index (χ3v) is 2.73. The van der Waals surface area contributed by atoms with Crippen LogP contribution in [0.25, 0.3) is 0 Å². The Morgan fingerprint density at radius 1 is 1.22 bits per heavy atom. The van der Waals surface area contributed by atoms with Gasteiger partial charge >= 0.3 is 0 Å². The Kier molecular flexibility index (Phi) is 6.87. The average molecular weight is 250 g/mol. The fourth-order valence-electron chi connectivity index (χ4n) is 1.66. The topological polar surface area (TPSA) is 50.4 Å². The van der Waals surface area contributed by atoms with Crippen molar-refractivity contribution in [3.63, 3.8) is 0 Å². The first-order valence-electron chi connectivity index (χ1n) is 6.30. The number of hydrogen-bond donors (Lipinski definition) is 2. The predicted octanol–water partition coefficient (Wildman–Crippen LogP) is 1.35. The number of amides is 1. The Labute approximate surface area is 109 Å². The number of methoxy groups -OCH3 is 1. The van der Waals surface area contributed by atoms with E-state index in [0.29, 0.717) is 13.0 Å². The second kappa shape index (κ2) is 8.53. The quantitative estimate of drug-likeness (QED) is 0.685. The van der Waals surface area contributed by atoms with Crippen LogP contribution in [0.1, 0.15) is 18.4 Å². The number of aryl methyl sites for hydroxylation is 1. The van der Waals surface area contributed by atoms with E-state index < -0.39 is 0 Å². The second-order valence-electron chi connectivity index (χ2n) is 4.16. The molecule has 1 rings (SSSR count). The van der Waals surface area contributed by atoms with Crippen LogP contribution in [-0.2, 0) is 11.2 Å². The zero-order valence-electron chi connectivity index (χ0n) is 11.2. The Morgan fingerprint density at radius 2 is 1.94 bits per heavy atom. The van der Waals surface area contributed by atoms with Crippen LogP contribution in [0.4, 0.5) is 0 Å². The third kappa shape index (κ3) is 5.68. The van der Waals surface area contributed by atoms with Crippen molar-refractivity contribution in [2.75, 3.05) is 27.2 Å². The molecular weight excluding hydrogens is 228 g/mol. The average Bonchev–Trinajstić information content (AvgIpc) is 2.40. The molecule has 0 aliphatic heterocycles. The van der Waals surface area contributed by atoms with Gasteiger partial charge in [0.1, 0.15) is 5.75 Å². The van der Waals surface area contributed by atoms with Crippen molar-refractivity contribution in [3.8, 4) is 5.75 Å². The monoisotopic (exact) mass is 250 g/mol. The van der Waals surface area contributed by atoms with Crippen molar-refractivity contribution >= 4 is 5.91 Å². The van der Waals surface area contributed by atoms with E-state index in [4.69, 9.17) is 4.74 Å². The highest BCUT2D eigenvalue weighted by atomic mass is 16.5. The summed E-state index contributed by atoms with van der Waals surface area (Å²) < 4.78 is 5.10. The number of likely N-dealkylation sites (N-methyl/N-ethyl adjacent to an activating group) is 1. The lowest BCUT2D eigenvalue weighted by molar-refractivity contribution is -0.121. The van der Waals surface area contributed by atoms with Gasteiger partial charge in [0, 0.05) is 19.5 Å². The van der Waals surface area contributed by atoms with Crippen LogP contribution in [0.3, 0.4) is 0 Å². The smallest absolute Gasteiger partial charge is 0.220 e. The normalized spacial score (nSPS) is 10.1. The van der Waals surface area contributed by atoms with Crippen LogP contribution in [0.2, 0.25) is 0 Å². The maximum atomic E-state index is 11.4. The van der Waals surface area contributed by atoms with Crippen LogP contribution >= 0.6 is 0 Å². The van der Waals surface area contributed by atoms with Crippen molar-refractivity contribution in [2.45, 2.75) is 19.3 Å². The van der Waals surface area contributed by atoms with Gasteiger partial charge in [0.05, 0.1) is 7.11 Å². The summed E-state index contributed by atoms with van der Waals surface area (Å²) >= 11 is 0. The molecule has 0 heterocycles. The largest absolute Gasteiger partial charge is 0.497 e. The Bertz CT molecular complexity index is 349. The van der Waals surface area contributed by atoms with E-state index in [1.807, 2.05) is 31.3 Å². The molecule has 0 aliphatic carbocycles. The summed E-state index contributed by atoms with van der Waals surface area (Å²) in [4.78, 5) is 11.4. The van der Waals surface area contributed by atoms with Gasteiger partial charge < -0.3 is 15.4 Å². The van der Waals surface area contributed by atoms with Crippen LogP contribution in [0, 0.1) is 0 Å². The van der Waals surface area contributed by atoms with Gasteiger partial charge in [-0.2, -0.15) is 0 Å². The van der Waals surface area contributed by atoms with E-state index in [9.17, 15) is 4.79 Å². The van der Waals surface area contributed by atoms with Crippen molar-refractivity contribution in [3.05, 3.63) is 29.8 Å². The number of carbonyl (C=O) groups excluding carboxylic acids is 1. The first kappa shape index (κ1) is 14.5. The van der Waals surface area contributed by atoms with E-state index in [2.05, 4.69) is 10.6 Å².